The highest BCUT2D eigenvalue weighted by molar-refractivity contribution is 5.93. The van der Waals surface area contributed by atoms with Gasteiger partial charge in [0.1, 0.15) is 17.3 Å². The van der Waals surface area contributed by atoms with Crippen LogP contribution in [-0.2, 0) is 0 Å². The summed E-state index contributed by atoms with van der Waals surface area (Å²) >= 11 is 0. The molecular formula is C14H15N3O. The summed E-state index contributed by atoms with van der Waals surface area (Å²) in [5.74, 6) is 1.14. The Morgan fingerprint density at radius 3 is 2.72 bits per heavy atom. The number of nitrogens with two attached hydrogens (primary N) is 1. The van der Waals surface area contributed by atoms with Gasteiger partial charge in [0.05, 0.1) is 0 Å². The lowest BCUT2D eigenvalue weighted by Crippen LogP contribution is -2.13. The lowest BCUT2D eigenvalue weighted by atomic mass is 10.1. The van der Waals surface area contributed by atoms with E-state index in [9.17, 15) is 0 Å². The number of aromatic nitrogens is 1. The van der Waals surface area contributed by atoms with E-state index in [0.717, 1.165) is 16.9 Å². The van der Waals surface area contributed by atoms with Crippen LogP contribution in [0.1, 0.15) is 16.8 Å². The molecule has 92 valence electrons. The summed E-state index contributed by atoms with van der Waals surface area (Å²) in [5, 5.41) is 7.35. The number of hydrogen-bond acceptors (Lipinski definition) is 3. The molecule has 1 aromatic carbocycles. The maximum Gasteiger partial charge on any atom is 0.219 e. The van der Waals surface area contributed by atoms with E-state index in [1.54, 1.807) is 18.2 Å². The Kier molecular flexibility index (Phi) is 3.28. The van der Waals surface area contributed by atoms with Gasteiger partial charge in [-0.2, -0.15) is 0 Å². The van der Waals surface area contributed by atoms with Crippen molar-refractivity contribution in [1.82, 2.24) is 4.98 Å². The molecule has 4 heteroatoms. The van der Waals surface area contributed by atoms with Crippen molar-refractivity contribution in [2.75, 3.05) is 0 Å². The zero-order valence-corrected chi connectivity index (χ0v) is 10.4. The predicted octanol–water partition coefficient (Wildman–Crippen LogP) is 2.77. The molecule has 0 fully saturated rings. The molecular weight excluding hydrogens is 226 g/mol. The standard InChI is InChI=1S/C14H15N3O/c1-9-6-7-10(2)12(8-9)18-13-5-3-4-11(17-13)14(15)16/h3-8H,1-2H3,(H3,15,16). The Labute approximate surface area is 106 Å². The molecule has 0 atom stereocenters. The van der Waals surface area contributed by atoms with Crippen molar-refractivity contribution in [3.05, 3.63) is 53.2 Å². The molecule has 18 heavy (non-hydrogen) atoms. The van der Waals surface area contributed by atoms with Crippen LogP contribution in [0.2, 0.25) is 0 Å². The van der Waals surface area contributed by atoms with Crippen LogP contribution in [0.5, 0.6) is 11.6 Å². The van der Waals surface area contributed by atoms with Gasteiger partial charge >= 0.3 is 0 Å². The smallest absolute Gasteiger partial charge is 0.219 e. The van der Waals surface area contributed by atoms with Crippen LogP contribution < -0.4 is 10.5 Å². The largest absolute Gasteiger partial charge is 0.439 e. The first-order valence-corrected chi connectivity index (χ1v) is 5.63. The van der Waals surface area contributed by atoms with Crippen molar-refractivity contribution in [3.8, 4) is 11.6 Å². The minimum Gasteiger partial charge on any atom is -0.439 e. The molecule has 0 spiro atoms. The molecule has 0 saturated carbocycles. The van der Waals surface area contributed by atoms with Crippen molar-refractivity contribution < 1.29 is 4.74 Å². The molecule has 0 saturated heterocycles. The molecule has 0 aliphatic heterocycles. The second-order valence-electron chi connectivity index (χ2n) is 4.15. The molecule has 2 rings (SSSR count). The van der Waals surface area contributed by atoms with Gasteiger partial charge in [0, 0.05) is 6.07 Å². The van der Waals surface area contributed by atoms with E-state index in [-0.39, 0.29) is 5.84 Å². The molecule has 1 heterocycles. The fraction of sp³-hybridized carbons (Fsp3) is 0.143. The van der Waals surface area contributed by atoms with E-state index in [1.807, 2.05) is 32.0 Å². The first-order chi connectivity index (χ1) is 8.56. The van der Waals surface area contributed by atoms with Crippen molar-refractivity contribution in [2.45, 2.75) is 13.8 Å². The number of amidine groups is 1. The van der Waals surface area contributed by atoms with E-state index in [1.165, 1.54) is 0 Å². The van der Waals surface area contributed by atoms with E-state index in [4.69, 9.17) is 15.9 Å². The topological polar surface area (TPSA) is 72.0 Å². The lowest BCUT2D eigenvalue weighted by Gasteiger charge is -2.09. The molecule has 0 radical (unpaired) electrons. The number of hydrogen-bond donors (Lipinski definition) is 2. The Morgan fingerprint density at radius 1 is 1.22 bits per heavy atom. The van der Waals surface area contributed by atoms with Crippen molar-refractivity contribution in [1.29, 1.82) is 5.41 Å². The van der Waals surface area contributed by atoms with Crippen LogP contribution in [0.25, 0.3) is 0 Å². The third-order valence-electron chi connectivity index (χ3n) is 2.56. The van der Waals surface area contributed by atoms with E-state index in [0.29, 0.717) is 11.6 Å². The Hall–Kier alpha value is -2.36. The lowest BCUT2D eigenvalue weighted by molar-refractivity contribution is 0.459. The fourth-order valence-electron chi connectivity index (χ4n) is 1.55. The maximum absolute atomic E-state index is 7.35. The molecule has 3 N–H and O–H groups in total. The average Bonchev–Trinajstić information content (AvgIpc) is 2.34. The van der Waals surface area contributed by atoms with Gasteiger partial charge in [0.15, 0.2) is 0 Å². The van der Waals surface area contributed by atoms with Gasteiger partial charge in [-0.1, -0.05) is 18.2 Å². The second kappa shape index (κ2) is 4.87. The zero-order chi connectivity index (χ0) is 13.1. The normalized spacial score (nSPS) is 10.1. The number of nitrogens with one attached hydrogen (secondary N) is 1. The Morgan fingerprint density at radius 2 is 2.00 bits per heavy atom. The van der Waals surface area contributed by atoms with Crippen LogP contribution in [-0.4, -0.2) is 10.8 Å². The van der Waals surface area contributed by atoms with E-state index in [2.05, 4.69) is 4.98 Å². The van der Waals surface area contributed by atoms with Crippen LogP contribution in [0.15, 0.2) is 36.4 Å². The van der Waals surface area contributed by atoms with Gasteiger partial charge in [0.2, 0.25) is 5.88 Å². The van der Waals surface area contributed by atoms with Crippen LogP contribution in [0.4, 0.5) is 0 Å². The molecule has 0 bridgehead atoms. The molecule has 4 nitrogen and oxygen atoms in total. The SMILES string of the molecule is Cc1ccc(C)c(Oc2cccc(C(=N)N)n2)c1. The van der Waals surface area contributed by atoms with Crippen molar-refractivity contribution >= 4 is 5.84 Å². The average molecular weight is 241 g/mol. The van der Waals surface area contributed by atoms with Crippen molar-refractivity contribution in [2.24, 2.45) is 5.73 Å². The first kappa shape index (κ1) is 12.1. The van der Waals surface area contributed by atoms with Crippen LogP contribution >= 0.6 is 0 Å². The summed E-state index contributed by atoms with van der Waals surface area (Å²) in [7, 11) is 0. The van der Waals surface area contributed by atoms with Gasteiger partial charge in [0.25, 0.3) is 0 Å². The molecule has 0 aliphatic rings. The molecule has 0 amide bonds. The highest BCUT2D eigenvalue weighted by atomic mass is 16.5. The van der Waals surface area contributed by atoms with Gasteiger partial charge in [-0.15, -0.1) is 0 Å². The molecule has 0 aliphatic carbocycles. The molecule has 0 unspecified atom stereocenters. The number of rotatable bonds is 3. The van der Waals surface area contributed by atoms with Gasteiger partial charge in [-0.05, 0) is 37.1 Å². The minimum atomic E-state index is -0.0681. The number of aryl methyl sites for hydroxylation is 2. The maximum atomic E-state index is 7.35. The van der Waals surface area contributed by atoms with Crippen LogP contribution in [0, 0.1) is 19.3 Å². The van der Waals surface area contributed by atoms with Crippen LogP contribution in [0.3, 0.4) is 0 Å². The highest BCUT2D eigenvalue weighted by Crippen LogP contribution is 2.24. The minimum absolute atomic E-state index is 0.0681. The summed E-state index contributed by atoms with van der Waals surface area (Å²) < 4.78 is 5.72. The Bertz CT molecular complexity index is 593. The number of benzene rings is 1. The monoisotopic (exact) mass is 241 g/mol. The third-order valence-corrected chi connectivity index (χ3v) is 2.56. The highest BCUT2D eigenvalue weighted by Gasteiger charge is 2.05. The van der Waals surface area contributed by atoms with Crippen molar-refractivity contribution in [3.63, 3.8) is 0 Å². The fourth-order valence-corrected chi connectivity index (χ4v) is 1.55. The first-order valence-electron chi connectivity index (χ1n) is 5.63. The molecule has 2 aromatic rings. The Balaban J connectivity index is 2.31. The second-order valence-corrected chi connectivity index (χ2v) is 4.15. The quantitative estimate of drug-likeness (QED) is 0.641. The summed E-state index contributed by atoms with van der Waals surface area (Å²) in [6, 6.07) is 11.2. The number of ether oxygens (including phenoxy) is 1. The third kappa shape index (κ3) is 2.66. The molecule has 1 aromatic heterocycles. The number of pyridine rings is 1. The predicted molar refractivity (Wildman–Crippen MR) is 71.2 cm³/mol. The summed E-state index contributed by atoms with van der Waals surface area (Å²) in [4.78, 5) is 4.17. The van der Waals surface area contributed by atoms with E-state index < -0.39 is 0 Å². The van der Waals surface area contributed by atoms with E-state index >= 15 is 0 Å². The zero-order valence-electron chi connectivity index (χ0n) is 10.4. The summed E-state index contributed by atoms with van der Waals surface area (Å²) in [6.45, 7) is 3.98. The van der Waals surface area contributed by atoms with Gasteiger partial charge < -0.3 is 10.5 Å². The van der Waals surface area contributed by atoms with Gasteiger partial charge in [-0.3, -0.25) is 5.41 Å². The number of nitrogen functional groups attached to an aromatic ring is 1. The summed E-state index contributed by atoms with van der Waals surface area (Å²) in [6.07, 6.45) is 0. The van der Waals surface area contributed by atoms with Gasteiger partial charge in [-0.25, -0.2) is 4.98 Å². The summed E-state index contributed by atoms with van der Waals surface area (Å²) in [5.41, 5.74) is 7.97. The number of nitrogens with zero attached hydrogens (tertiary/aromatic N) is 1.